The fourth-order valence-corrected chi connectivity index (χ4v) is 2.23. The second-order valence-electron chi connectivity index (χ2n) is 3.93. The standard InChI is InChI=1S/C13H11Cl2NOS/c1-8-4-13(17)9(7-18)6-16(8)10-2-3-11(14)12(15)5-10/h2-6,18H,7H2,1H3. The van der Waals surface area contributed by atoms with Gasteiger partial charge in [0.25, 0.3) is 0 Å². The van der Waals surface area contributed by atoms with E-state index in [0.717, 1.165) is 11.4 Å². The summed E-state index contributed by atoms with van der Waals surface area (Å²) < 4.78 is 1.90. The number of aryl methyl sites for hydroxylation is 1. The fraction of sp³-hybridized carbons (Fsp3) is 0.154. The highest BCUT2D eigenvalue weighted by Crippen LogP contribution is 2.25. The lowest BCUT2D eigenvalue weighted by molar-refractivity contribution is 0.956. The van der Waals surface area contributed by atoms with Gasteiger partial charge >= 0.3 is 0 Å². The molecule has 2 aromatic rings. The molecule has 0 atom stereocenters. The van der Waals surface area contributed by atoms with Gasteiger partial charge in [-0.2, -0.15) is 12.6 Å². The summed E-state index contributed by atoms with van der Waals surface area (Å²) in [5, 5.41) is 0.994. The first-order chi connectivity index (χ1) is 8.52. The molecule has 0 saturated carbocycles. The number of thiol groups is 1. The Bertz CT molecular complexity index is 652. The van der Waals surface area contributed by atoms with Crippen molar-refractivity contribution in [3.05, 3.63) is 62.0 Å². The minimum absolute atomic E-state index is 0.00110. The first-order valence-corrected chi connectivity index (χ1v) is 6.70. The van der Waals surface area contributed by atoms with Gasteiger partial charge in [-0.25, -0.2) is 0 Å². The monoisotopic (exact) mass is 299 g/mol. The van der Waals surface area contributed by atoms with Crippen LogP contribution in [0.25, 0.3) is 5.69 Å². The van der Waals surface area contributed by atoms with Gasteiger partial charge in [0.1, 0.15) is 0 Å². The van der Waals surface area contributed by atoms with Crippen LogP contribution in [0.1, 0.15) is 11.3 Å². The maximum Gasteiger partial charge on any atom is 0.185 e. The summed E-state index contributed by atoms with van der Waals surface area (Å²) >= 11 is 16.0. The molecule has 0 radical (unpaired) electrons. The molecule has 1 heterocycles. The van der Waals surface area contributed by atoms with Crippen LogP contribution in [-0.4, -0.2) is 4.57 Å². The predicted octanol–water partition coefficient (Wildman–Crippen LogP) is 3.88. The van der Waals surface area contributed by atoms with Crippen molar-refractivity contribution in [3.63, 3.8) is 0 Å². The van der Waals surface area contributed by atoms with Crippen LogP contribution in [0, 0.1) is 6.92 Å². The third kappa shape index (κ3) is 2.58. The molecule has 0 saturated heterocycles. The van der Waals surface area contributed by atoms with Gasteiger partial charge in [-0.1, -0.05) is 23.2 Å². The molecule has 0 N–H and O–H groups in total. The molecule has 1 aromatic carbocycles. The van der Waals surface area contributed by atoms with Gasteiger partial charge in [-0.05, 0) is 25.1 Å². The molecule has 94 valence electrons. The van der Waals surface area contributed by atoms with Crippen molar-refractivity contribution < 1.29 is 0 Å². The van der Waals surface area contributed by atoms with Crippen LogP contribution in [0.15, 0.2) is 35.3 Å². The van der Waals surface area contributed by atoms with Gasteiger partial charge in [-0.15, -0.1) is 0 Å². The van der Waals surface area contributed by atoms with Gasteiger partial charge in [0.05, 0.1) is 10.0 Å². The Morgan fingerprint density at radius 1 is 1.22 bits per heavy atom. The van der Waals surface area contributed by atoms with E-state index in [0.29, 0.717) is 21.4 Å². The Kier molecular flexibility index (Phi) is 4.05. The lowest BCUT2D eigenvalue weighted by Gasteiger charge is -2.12. The van der Waals surface area contributed by atoms with E-state index in [1.165, 1.54) is 0 Å². The summed E-state index contributed by atoms with van der Waals surface area (Å²) in [6, 6.07) is 6.95. The van der Waals surface area contributed by atoms with Crippen molar-refractivity contribution in [1.29, 1.82) is 0 Å². The second-order valence-corrected chi connectivity index (χ2v) is 5.06. The third-order valence-corrected chi connectivity index (χ3v) is 3.75. The van der Waals surface area contributed by atoms with Crippen LogP contribution >= 0.6 is 35.8 Å². The van der Waals surface area contributed by atoms with Crippen molar-refractivity contribution in [3.8, 4) is 5.69 Å². The van der Waals surface area contributed by atoms with Crippen LogP contribution < -0.4 is 5.43 Å². The van der Waals surface area contributed by atoms with Gasteiger partial charge < -0.3 is 4.57 Å². The van der Waals surface area contributed by atoms with E-state index in [9.17, 15) is 4.79 Å². The minimum Gasteiger partial charge on any atom is -0.321 e. The number of aromatic nitrogens is 1. The number of hydrogen-bond donors (Lipinski definition) is 1. The quantitative estimate of drug-likeness (QED) is 0.835. The first kappa shape index (κ1) is 13.5. The molecule has 1 aromatic heterocycles. The molecule has 0 aliphatic heterocycles. The fourth-order valence-electron chi connectivity index (χ4n) is 1.71. The smallest absolute Gasteiger partial charge is 0.185 e. The summed E-state index contributed by atoms with van der Waals surface area (Å²) in [6.45, 7) is 1.87. The molecule has 18 heavy (non-hydrogen) atoms. The topological polar surface area (TPSA) is 22.0 Å². The Morgan fingerprint density at radius 3 is 2.56 bits per heavy atom. The minimum atomic E-state index is -0.00110. The molecular weight excluding hydrogens is 289 g/mol. The molecule has 2 rings (SSSR count). The van der Waals surface area contributed by atoms with Crippen LogP contribution in [-0.2, 0) is 5.75 Å². The summed E-state index contributed by atoms with van der Waals surface area (Å²) in [5.74, 6) is 0.403. The van der Waals surface area contributed by atoms with E-state index in [-0.39, 0.29) is 5.43 Å². The zero-order valence-electron chi connectivity index (χ0n) is 9.65. The maximum absolute atomic E-state index is 11.7. The largest absolute Gasteiger partial charge is 0.321 e. The van der Waals surface area contributed by atoms with E-state index in [1.807, 2.05) is 17.6 Å². The molecule has 0 spiro atoms. The number of nitrogens with zero attached hydrogens (tertiary/aromatic N) is 1. The van der Waals surface area contributed by atoms with Gasteiger partial charge in [0.2, 0.25) is 0 Å². The van der Waals surface area contributed by atoms with Crippen LogP contribution in [0.2, 0.25) is 10.0 Å². The summed E-state index contributed by atoms with van der Waals surface area (Å²) in [7, 11) is 0. The van der Waals surface area contributed by atoms with Crippen LogP contribution in [0.5, 0.6) is 0 Å². The molecule has 0 fully saturated rings. The van der Waals surface area contributed by atoms with E-state index in [2.05, 4.69) is 12.6 Å². The number of benzene rings is 1. The van der Waals surface area contributed by atoms with Gasteiger partial charge in [-0.3, -0.25) is 4.79 Å². The van der Waals surface area contributed by atoms with E-state index in [4.69, 9.17) is 23.2 Å². The second kappa shape index (κ2) is 5.39. The highest BCUT2D eigenvalue weighted by molar-refractivity contribution is 7.79. The average molecular weight is 300 g/mol. The predicted molar refractivity (Wildman–Crippen MR) is 79.5 cm³/mol. The van der Waals surface area contributed by atoms with Crippen molar-refractivity contribution in [2.24, 2.45) is 0 Å². The number of halogens is 2. The number of hydrogen-bond acceptors (Lipinski definition) is 2. The van der Waals surface area contributed by atoms with E-state index >= 15 is 0 Å². The molecule has 5 heteroatoms. The SMILES string of the molecule is Cc1cc(=O)c(CS)cn1-c1ccc(Cl)c(Cl)c1. The Morgan fingerprint density at radius 2 is 1.94 bits per heavy atom. The first-order valence-electron chi connectivity index (χ1n) is 5.31. The van der Waals surface area contributed by atoms with Crippen molar-refractivity contribution in [2.45, 2.75) is 12.7 Å². The molecule has 0 aliphatic rings. The Balaban J connectivity index is 2.63. The summed E-state index contributed by atoms with van der Waals surface area (Å²) in [5.41, 5.74) is 2.35. The Hall–Kier alpha value is -0.900. The lowest BCUT2D eigenvalue weighted by Crippen LogP contribution is -2.13. The highest BCUT2D eigenvalue weighted by Gasteiger charge is 2.06. The van der Waals surface area contributed by atoms with E-state index in [1.54, 1.807) is 24.4 Å². The Labute approximate surface area is 121 Å². The van der Waals surface area contributed by atoms with Gasteiger partial charge in [0, 0.05) is 35.0 Å². The summed E-state index contributed by atoms with van der Waals surface area (Å²) in [6.07, 6.45) is 1.78. The lowest BCUT2D eigenvalue weighted by atomic mass is 10.2. The van der Waals surface area contributed by atoms with Crippen LogP contribution in [0.4, 0.5) is 0 Å². The number of rotatable bonds is 2. The number of pyridine rings is 1. The van der Waals surface area contributed by atoms with Crippen molar-refractivity contribution in [1.82, 2.24) is 4.57 Å². The van der Waals surface area contributed by atoms with Crippen molar-refractivity contribution in [2.75, 3.05) is 0 Å². The molecule has 0 aliphatic carbocycles. The molecular formula is C13H11Cl2NOS. The zero-order valence-corrected chi connectivity index (χ0v) is 12.1. The average Bonchev–Trinajstić information content (AvgIpc) is 2.33. The van der Waals surface area contributed by atoms with Crippen molar-refractivity contribution >= 4 is 35.8 Å². The highest BCUT2D eigenvalue weighted by atomic mass is 35.5. The maximum atomic E-state index is 11.7. The molecule has 0 unspecified atom stereocenters. The molecule has 0 amide bonds. The molecule has 2 nitrogen and oxygen atoms in total. The van der Waals surface area contributed by atoms with E-state index < -0.39 is 0 Å². The van der Waals surface area contributed by atoms with Crippen LogP contribution in [0.3, 0.4) is 0 Å². The van der Waals surface area contributed by atoms with Gasteiger partial charge in [0.15, 0.2) is 5.43 Å². The molecule has 0 bridgehead atoms. The summed E-state index contributed by atoms with van der Waals surface area (Å²) in [4.78, 5) is 11.7. The normalized spacial score (nSPS) is 10.7. The third-order valence-electron chi connectivity index (χ3n) is 2.67. The zero-order chi connectivity index (χ0) is 13.3.